The van der Waals surface area contributed by atoms with E-state index in [2.05, 4.69) is 14.9 Å². The fourth-order valence-electron chi connectivity index (χ4n) is 2.70. The number of hydrogen-bond donors (Lipinski definition) is 1. The van der Waals surface area contributed by atoms with Gasteiger partial charge < -0.3 is 19.5 Å². The van der Waals surface area contributed by atoms with Crippen LogP contribution in [0.25, 0.3) is 11.4 Å². The first-order valence-electron chi connectivity index (χ1n) is 8.24. The van der Waals surface area contributed by atoms with Crippen LogP contribution in [0.1, 0.15) is 12.8 Å². The van der Waals surface area contributed by atoms with Crippen molar-refractivity contribution in [3.05, 3.63) is 36.5 Å². The molecule has 1 aromatic heterocycles. The van der Waals surface area contributed by atoms with E-state index in [1.165, 1.54) is 0 Å². The quantitative estimate of drug-likeness (QED) is 0.819. The molecule has 1 fully saturated rings. The van der Waals surface area contributed by atoms with Crippen LogP contribution in [-0.4, -0.2) is 54.6 Å². The number of methoxy groups -OCH3 is 1. The maximum Gasteiger partial charge on any atom is 0.161 e. The molecule has 24 heavy (non-hydrogen) atoms. The first-order valence-corrected chi connectivity index (χ1v) is 8.24. The number of piperidine rings is 1. The molecule has 3 rings (SSSR count). The molecule has 6 nitrogen and oxygen atoms in total. The van der Waals surface area contributed by atoms with Gasteiger partial charge in [-0.05, 0) is 43.2 Å². The van der Waals surface area contributed by atoms with Crippen LogP contribution in [0.2, 0.25) is 0 Å². The van der Waals surface area contributed by atoms with Gasteiger partial charge in [-0.2, -0.15) is 0 Å². The first-order chi connectivity index (χ1) is 11.8. The molecule has 1 aromatic carbocycles. The van der Waals surface area contributed by atoms with E-state index in [0.717, 1.165) is 43.1 Å². The lowest BCUT2D eigenvalue weighted by Gasteiger charge is -2.30. The molecule has 6 heteroatoms. The van der Waals surface area contributed by atoms with E-state index in [1.807, 2.05) is 30.3 Å². The Kier molecular flexibility index (Phi) is 5.61. The van der Waals surface area contributed by atoms with Gasteiger partial charge in [0.15, 0.2) is 5.82 Å². The molecule has 0 saturated carbocycles. The monoisotopic (exact) mass is 329 g/mol. The number of benzene rings is 1. The highest BCUT2D eigenvalue weighted by molar-refractivity contribution is 5.58. The van der Waals surface area contributed by atoms with Crippen LogP contribution in [0, 0.1) is 0 Å². The summed E-state index contributed by atoms with van der Waals surface area (Å²) in [5.74, 6) is 2.41. The number of aliphatic hydroxyl groups excluding tert-OH is 1. The third-order valence-electron chi connectivity index (χ3n) is 4.10. The fraction of sp³-hybridized carbons (Fsp3) is 0.444. The minimum absolute atomic E-state index is 0.187. The summed E-state index contributed by atoms with van der Waals surface area (Å²) in [4.78, 5) is 11.2. The van der Waals surface area contributed by atoms with E-state index < -0.39 is 0 Å². The molecule has 1 saturated heterocycles. The Morgan fingerprint density at radius 1 is 1.12 bits per heavy atom. The largest absolute Gasteiger partial charge is 0.491 e. The Morgan fingerprint density at radius 3 is 2.58 bits per heavy atom. The number of aromatic nitrogens is 2. The molecule has 0 radical (unpaired) electrons. The zero-order valence-corrected chi connectivity index (χ0v) is 13.9. The van der Waals surface area contributed by atoms with Crippen LogP contribution in [-0.2, 0) is 4.74 Å². The molecule has 1 aliphatic heterocycles. The molecule has 0 bridgehead atoms. The van der Waals surface area contributed by atoms with Crippen molar-refractivity contribution < 1.29 is 14.6 Å². The van der Waals surface area contributed by atoms with Gasteiger partial charge in [0.05, 0.1) is 12.7 Å². The summed E-state index contributed by atoms with van der Waals surface area (Å²) in [7, 11) is 1.65. The topological polar surface area (TPSA) is 67.7 Å². The summed E-state index contributed by atoms with van der Waals surface area (Å²) < 4.78 is 10.5. The average Bonchev–Trinajstić information content (AvgIpc) is 2.63. The number of hydrogen-bond acceptors (Lipinski definition) is 6. The number of ether oxygens (including phenoxy) is 2. The van der Waals surface area contributed by atoms with Gasteiger partial charge in [-0.15, -0.1) is 0 Å². The first kappa shape index (κ1) is 16.7. The van der Waals surface area contributed by atoms with Crippen molar-refractivity contribution >= 4 is 5.82 Å². The van der Waals surface area contributed by atoms with E-state index in [-0.39, 0.29) is 6.10 Å². The predicted octanol–water partition coefficient (Wildman–Crippen LogP) is 2.13. The maximum absolute atomic E-state index is 9.63. The number of anilines is 1. The van der Waals surface area contributed by atoms with Crippen LogP contribution in [0.4, 0.5) is 5.82 Å². The van der Waals surface area contributed by atoms with Gasteiger partial charge in [-0.25, -0.2) is 9.97 Å². The number of aliphatic hydroxyl groups is 1. The van der Waals surface area contributed by atoms with E-state index in [4.69, 9.17) is 9.47 Å². The zero-order valence-electron chi connectivity index (χ0n) is 13.9. The Labute approximate surface area is 142 Å². The lowest BCUT2D eigenvalue weighted by molar-refractivity contribution is 0.145. The number of rotatable bonds is 6. The summed E-state index contributed by atoms with van der Waals surface area (Å²) in [5.41, 5.74) is 0.952. The van der Waals surface area contributed by atoms with Crippen LogP contribution in [0.15, 0.2) is 36.5 Å². The lowest BCUT2D eigenvalue weighted by atomic mass is 10.1. The summed E-state index contributed by atoms with van der Waals surface area (Å²) in [6, 6.07) is 9.67. The highest BCUT2D eigenvalue weighted by Crippen LogP contribution is 2.23. The Hall–Kier alpha value is -2.18. The highest BCUT2D eigenvalue weighted by atomic mass is 16.5. The van der Waals surface area contributed by atoms with Crippen LogP contribution < -0.4 is 9.64 Å². The molecule has 0 amide bonds. The Balaban J connectivity index is 1.69. The Bertz CT molecular complexity index is 640. The van der Waals surface area contributed by atoms with Crippen molar-refractivity contribution in [2.75, 3.05) is 38.3 Å². The normalized spacial score (nSPS) is 15.5. The second kappa shape index (κ2) is 8.08. The third-order valence-corrected chi connectivity index (χ3v) is 4.10. The zero-order chi connectivity index (χ0) is 16.8. The van der Waals surface area contributed by atoms with Gasteiger partial charge in [0.2, 0.25) is 0 Å². The average molecular weight is 329 g/mol. The summed E-state index contributed by atoms with van der Waals surface area (Å²) >= 11 is 0. The molecule has 128 valence electrons. The third kappa shape index (κ3) is 4.21. The van der Waals surface area contributed by atoms with E-state index in [0.29, 0.717) is 19.0 Å². The molecule has 2 heterocycles. The molecule has 0 spiro atoms. The standard InChI is InChI=1S/C18H23N3O3/c1-23-12-13-24-16-4-2-14(3-5-16)18-19-9-6-17(20-18)21-10-7-15(22)8-11-21/h2-6,9,15,22H,7-8,10-13H2,1H3. The predicted molar refractivity (Wildman–Crippen MR) is 92.3 cm³/mol. The number of nitrogens with zero attached hydrogens (tertiary/aromatic N) is 3. The highest BCUT2D eigenvalue weighted by Gasteiger charge is 2.18. The van der Waals surface area contributed by atoms with E-state index in [9.17, 15) is 5.11 Å². The van der Waals surface area contributed by atoms with Gasteiger partial charge in [0.1, 0.15) is 18.2 Å². The van der Waals surface area contributed by atoms with Crippen molar-refractivity contribution in [3.63, 3.8) is 0 Å². The second-order valence-electron chi connectivity index (χ2n) is 5.82. The molecular formula is C18H23N3O3. The van der Waals surface area contributed by atoms with Crippen molar-refractivity contribution in [1.82, 2.24) is 9.97 Å². The van der Waals surface area contributed by atoms with Crippen LogP contribution >= 0.6 is 0 Å². The summed E-state index contributed by atoms with van der Waals surface area (Å²) in [5, 5.41) is 9.63. The minimum Gasteiger partial charge on any atom is -0.491 e. The van der Waals surface area contributed by atoms with Crippen LogP contribution in [0.5, 0.6) is 5.75 Å². The second-order valence-corrected chi connectivity index (χ2v) is 5.82. The molecule has 1 N–H and O–H groups in total. The molecule has 0 aliphatic carbocycles. The summed E-state index contributed by atoms with van der Waals surface area (Å²) in [6.45, 7) is 2.74. The van der Waals surface area contributed by atoms with Crippen molar-refractivity contribution in [2.45, 2.75) is 18.9 Å². The smallest absolute Gasteiger partial charge is 0.161 e. The van der Waals surface area contributed by atoms with Crippen molar-refractivity contribution in [1.29, 1.82) is 0 Å². The van der Waals surface area contributed by atoms with Gasteiger partial charge >= 0.3 is 0 Å². The molecule has 0 atom stereocenters. The van der Waals surface area contributed by atoms with Gasteiger partial charge in [-0.1, -0.05) is 0 Å². The van der Waals surface area contributed by atoms with Gasteiger partial charge in [0.25, 0.3) is 0 Å². The molecular weight excluding hydrogens is 306 g/mol. The van der Waals surface area contributed by atoms with Gasteiger partial charge in [0, 0.05) is 32.0 Å². The fourth-order valence-corrected chi connectivity index (χ4v) is 2.70. The van der Waals surface area contributed by atoms with Crippen molar-refractivity contribution in [3.8, 4) is 17.1 Å². The van der Waals surface area contributed by atoms with E-state index in [1.54, 1.807) is 13.3 Å². The molecule has 0 unspecified atom stereocenters. The summed E-state index contributed by atoms with van der Waals surface area (Å²) in [6.07, 6.45) is 3.17. The maximum atomic E-state index is 9.63. The van der Waals surface area contributed by atoms with Gasteiger partial charge in [-0.3, -0.25) is 0 Å². The molecule has 1 aliphatic rings. The Morgan fingerprint density at radius 2 is 1.88 bits per heavy atom. The minimum atomic E-state index is -0.187. The van der Waals surface area contributed by atoms with E-state index >= 15 is 0 Å². The van der Waals surface area contributed by atoms with Crippen molar-refractivity contribution in [2.24, 2.45) is 0 Å². The molecule has 2 aromatic rings. The lowest BCUT2D eigenvalue weighted by Crippen LogP contribution is -2.36. The SMILES string of the molecule is COCCOc1ccc(-c2nccc(N3CCC(O)CC3)n2)cc1. The van der Waals surface area contributed by atoms with Crippen LogP contribution in [0.3, 0.4) is 0 Å².